The second-order valence-electron chi connectivity index (χ2n) is 8.29. The molecular weight excluding hydrogens is 438 g/mol. The predicted molar refractivity (Wildman–Crippen MR) is 122 cm³/mol. The molecule has 3 aliphatic rings. The lowest BCUT2D eigenvalue weighted by atomic mass is 9.99. The van der Waals surface area contributed by atoms with Crippen molar-refractivity contribution in [2.45, 2.75) is 12.1 Å². The fourth-order valence-electron chi connectivity index (χ4n) is 4.25. The molecule has 2 aromatic carbocycles. The Morgan fingerprint density at radius 1 is 1.15 bits per heavy atom. The van der Waals surface area contributed by atoms with Crippen molar-refractivity contribution in [3.63, 3.8) is 0 Å². The van der Waals surface area contributed by atoms with Crippen LogP contribution in [-0.2, 0) is 11.4 Å². The number of carbonyl (C=O) groups is 3. The normalized spacial score (nSPS) is 21.3. The highest BCUT2D eigenvalue weighted by atomic mass is 16.7. The average Bonchev–Trinajstić information content (AvgIpc) is 3.40. The fraction of sp³-hybridized carbons (Fsp3) is 0.292. The van der Waals surface area contributed by atoms with Crippen LogP contribution in [0.25, 0.3) is 0 Å². The molecule has 174 valence electrons. The zero-order valence-electron chi connectivity index (χ0n) is 18.5. The van der Waals surface area contributed by atoms with Gasteiger partial charge in [0.15, 0.2) is 0 Å². The molecule has 0 bridgehead atoms. The van der Waals surface area contributed by atoms with Crippen LogP contribution in [0.5, 0.6) is 5.75 Å². The van der Waals surface area contributed by atoms with E-state index in [9.17, 15) is 14.4 Å². The number of ether oxygens (including phenoxy) is 1. The number of rotatable bonds is 4. The quantitative estimate of drug-likeness (QED) is 0.593. The Hall–Kier alpha value is -4.23. The highest BCUT2D eigenvalue weighted by Crippen LogP contribution is 2.28. The van der Waals surface area contributed by atoms with E-state index in [1.807, 2.05) is 36.4 Å². The van der Waals surface area contributed by atoms with E-state index in [4.69, 9.17) is 9.57 Å². The first-order valence-corrected chi connectivity index (χ1v) is 10.8. The maximum atomic E-state index is 13.0. The number of methoxy groups -OCH3 is 1. The number of amides is 5. The third-order valence-electron chi connectivity index (χ3n) is 5.97. The molecular formula is C24H23N5O5. The van der Waals surface area contributed by atoms with E-state index in [1.54, 1.807) is 23.0 Å². The summed E-state index contributed by atoms with van der Waals surface area (Å²) in [5.41, 5.74) is 4.11. The summed E-state index contributed by atoms with van der Waals surface area (Å²) in [5, 5.41) is 5.60. The van der Waals surface area contributed by atoms with Crippen molar-refractivity contribution < 1.29 is 24.0 Å². The zero-order valence-corrected chi connectivity index (χ0v) is 18.5. The molecule has 10 heteroatoms. The Kier molecular flexibility index (Phi) is 5.47. The first kappa shape index (κ1) is 21.6. The Balaban J connectivity index is 1.37. The SMILES string of the molecule is COc1ccc2c(c1)C(=O)N(C[C@]1(C#Cc3ccc(N4CCNC4=O)cc3)CONC(=O)N1)C2. The highest BCUT2D eigenvalue weighted by molar-refractivity contribution is 5.99. The molecule has 0 radical (unpaired) electrons. The van der Waals surface area contributed by atoms with Gasteiger partial charge in [-0.15, -0.1) is 0 Å². The molecule has 0 aliphatic carbocycles. The van der Waals surface area contributed by atoms with E-state index in [0.717, 1.165) is 11.3 Å². The number of anilines is 1. The van der Waals surface area contributed by atoms with Gasteiger partial charge in [-0.2, -0.15) is 0 Å². The Morgan fingerprint density at radius 2 is 1.97 bits per heavy atom. The van der Waals surface area contributed by atoms with E-state index in [2.05, 4.69) is 28.0 Å². The minimum atomic E-state index is -1.10. The van der Waals surface area contributed by atoms with Gasteiger partial charge in [0.05, 0.1) is 13.7 Å². The monoisotopic (exact) mass is 461 g/mol. The van der Waals surface area contributed by atoms with Gasteiger partial charge in [0.1, 0.15) is 17.9 Å². The van der Waals surface area contributed by atoms with Crippen LogP contribution < -0.4 is 25.8 Å². The molecule has 2 fully saturated rings. The van der Waals surface area contributed by atoms with Crippen LogP contribution in [0.1, 0.15) is 21.5 Å². The minimum absolute atomic E-state index is 0.0568. The second-order valence-corrected chi connectivity index (χ2v) is 8.29. The van der Waals surface area contributed by atoms with Crippen molar-refractivity contribution in [3.05, 3.63) is 59.2 Å². The maximum absolute atomic E-state index is 13.0. The molecule has 3 aliphatic heterocycles. The van der Waals surface area contributed by atoms with Crippen molar-refractivity contribution in [2.75, 3.05) is 38.3 Å². The third kappa shape index (κ3) is 4.09. The molecule has 0 spiro atoms. The van der Waals surface area contributed by atoms with E-state index >= 15 is 0 Å². The summed E-state index contributed by atoms with van der Waals surface area (Å²) in [4.78, 5) is 45.6. The van der Waals surface area contributed by atoms with Crippen LogP contribution in [0.2, 0.25) is 0 Å². The first-order chi connectivity index (χ1) is 16.5. The van der Waals surface area contributed by atoms with Crippen molar-refractivity contribution in [3.8, 4) is 17.6 Å². The number of hydrogen-bond acceptors (Lipinski definition) is 5. The summed E-state index contributed by atoms with van der Waals surface area (Å²) >= 11 is 0. The predicted octanol–water partition coefficient (Wildman–Crippen LogP) is 1.22. The molecule has 3 N–H and O–H groups in total. The van der Waals surface area contributed by atoms with Crippen molar-refractivity contribution >= 4 is 23.7 Å². The van der Waals surface area contributed by atoms with Gasteiger partial charge in [-0.05, 0) is 42.0 Å². The van der Waals surface area contributed by atoms with Gasteiger partial charge in [-0.1, -0.05) is 17.9 Å². The molecule has 34 heavy (non-hydrogen) atoms. The molecule has 5 amide bonds. The summed E-state index contributed by atoms with van der Waals surface area (Å²) in [5.74, 6) is 6.65. The van der Waals surface area contributed by atoms with E-state index in [0.29, 0.717) is 36.5 Å². The van der Waals surface area contributed by atoms with Gasteiger partial charge >= 0.3 is 12.1 Å². The van der Waals surface area contributed by atoms with Gasteiger partial charge < -0.3 is 20.3 Å². The van der Waals surface area contributed by atoms with Crippen LogP contribution in [0, 0.1) is 11.8 Å². The summed E-state index contributed by atoms with van der Waals surface area (Å²) in [6.45, 7) is 1.83. The number of urea groups is 2. The van der Waals surface area contributed by atoms with Gasteiger partial charge in [-0.25, -0.2) is 15.1 Å². The molecule has 0 unspecified atom stereocenters. The van der Waals surface area contributed by atoms with Gasteiger partial charge in [0.25, 0.3) is 5.91 Å². The van der Waals surface area contributed by atoms with Gasteiger partial charge in [0, 0.05) is 36.4 Å². The summed E-state index contributed by atoms with van der Waals surface area (Å²) in [6, 6.07) is 12.0. The topological polar surface area (TPSA) is 112 Å². The molecule has 2 saturated heterocycles. The van der Waals surface area contributed by atoms with Crippen molar-refractivity contribution in [1.29, 1.82) is 0 Å². The third-order valence-corrected chi connectivity index (χ3v) is 5.97. The summed E-state index contributed by atoms with van der Waals surface area (Å²) in [7, 11) is 1.55. The van der Waals surface area contributed by atoms with Crippen LogP contribution in [0.15, 0.2) is 42.5 Å². The lowest BCUT2D eigenvalue weighted by Crippen LogP contribution is -2.64. The van der Waals surface area contributed by atoms with Gasteiger partial charge in [0.2, 0.25) is 0 Å². The molecule has 0 aromatic heterocycles. The number of carbonyl (C=O) groups excluding carboxylic acids is 3. The van der Waals surface area contributed by atoms with Crippen LogP contribution in [0.3, 0.4) is 0 Å². The maximum Gasteiger partial charge on any atom is 0.340 e. The number of hydrogen-bond donors (Lipinski definition) is 3. The standard InChI is InChI=1S/C24H23N5O5/c1-33-19-7-4-17-13-28(21(30)20(17)12-19)14-24(15-34-27-22(31)26-24)9-8-16-2-5-18(6-3-16)29-11-10-25-23(29)32/h2-7,12H,10-11,13-15H2,1H3,(H,25,32)(H2,26,27,31)/t24-/m1/s1. The largest absolute Gasteiger partial charge is 0.497 e. The molecule has 10 nitrogen and oxygen atoms in total. The summed E-state index contributed by atoms with van der Waals surface area (Å²) in [6.07, 6.45) is 0. The molecule has 3 heterocycles. The average molecular weight is 461 g/mol. The number of benzene rings is 2. The minimum Gasteiger partial charge on any atom is -0.497 e. The first-order valence-electron chi connectivity index (χ1n) is 10.8. The van der Waals surface area contributed by atoms with Crippen LogP contribution in [0.4, 0.5) is 15.3 Å². The molecule has 0 saturated carbocycles. The zero-order chi connectivity index (χ0) is 23.7. The van der Waals surface area contributed by atoms with Crippen LogP contribution >= 0.6 is 0 Å². The second kappa shape index (κ2) is 8.61. The lowest BCUT2D eigenvalue weighted by molar-refractivity contribution is -0.00234. The number of nitrogens with one attached hydrogen (secondary N) is 3. The number of nitrogens with zero attached hydrogens (tertiary/aromatic N) is 2. The fourth-order valence-corrected chi connectivity index (χ4v) is 4.25. The Morgan fingerprint density at radius 3 is 2.68 bits per heavy atom. The lowest BCUT2D eigenvalue weighted by Gasteiger charge is -2.36. The molecule has 5 rings (SSSR count). The van der Waals surface area contributed by atoms with Crippen molar-refractivity contribution in [1.82, 2.24) is 21.0 Å². The number of fused-ring (bicyclic) bond motifs is 1. The number of hydroxylamine groups is 1. The van der Waals surface area contributed by atoms with E-state index < -0.39 is 11.6 Å². The van der Waals surface area contributed by atoms with Crippen molar-refractivity contribution in [2.24, 2.45) is 0 Å². The summed E-state index contributed by atoms with van der Waals surface area (Å²) < 4.78 is 5.24. The Labute approximate surface area is 196 Å². The Bertz CT molecular complexity index is 1220. The molecule has 2 aromatic rings. The molecule has 1 atom stereocenters. The smallest absolute Gasteiger partial charge is 0.340 e. The van der Waals surface area contributed by atoms with E-state index in [-0.39, 0.29) is 25.1 Å². The van der Waals surface area contributed by atoms with Crippen LogP contribution in [-0.4, -0.2) is 61.8 Å². The van der Waals surface area contributed by atoms with Gasteiger partial charge in [-0.3, -0.25) is 14.5 Å². The van der Waals surface area contributed by atoms with E-state index in [1.165, 1.54) is 0 Å². The highest BCUT2D eigenvalue weighted by Gasteiger charge is 2.40.